The van der Waals surface area contributed by atoms with E-state index in [0.717, 1.165) is 22.5 Å². The van der Waals surface area contributed by atoms with Crippen molar-refractivity contribution in [2.75, 3.05) is 0 Å². The largest absolute Gasteiger partial charge is 0.236 e. The average Bonchev–Trinajstić information content (AvgIpc) is 3.02. The fourth-order valence-corrected chi connectivity index (χ4v) is 3.47. The van der Waals surface area contributed by atoms with Crippen molar-refractivity contribution >= 4 is 21.6 Å². The number of fused-ring (bicyclic) bond motifs is 1. The average molecular weight is 319 g/mol. The second-order valence-corrected chi connectivity index (χ2v) is 6.71. The summed E-state index contributed by atoms with van der Waals surface area (Å²) in [6.07, 6.45) is 6.10. The van der Waals surface area contributed by atoms with Crippen LogP contribution in [0.4, 0.5) is 0 Å². The molecule has 0 bridgehead atoms. The molecule has 0 aliphatic rings. The highest BCUT2D eigenvalue weighted by molar-refractivity contribution is 7.21. The number of nitrogens with zero attached hydrogens (tertiary/aromatic N) is 1. The summed E-state index contributed by atoms with van der Waals surface area (Å²) in [6, 6.07) is 16.7. The molecule has 0 N–H and O–H groups in total. The smallest absolute Gasteiger partial charge is 0.124 e. The Hall–Kier alpha value is -2.11. The first-order valence-electron chi connectivity index (χ1n) is 8.31. The van der Waals surface area contributed by atoms with Gasteiger partial charge in [0, 0.05) is 17.5 Å². The van der Waals surface area contributed by atoms with Crippen LogP contribution in [0, 0.1) is 11.8 Å². The lowest BCUT2D eigenvalue weighted by Gasteiger charge is -1.96. The number of hydrogen-bond donors (Lipinski definition) is 0. The molecule has 0 atom stereocenters. The van der Waals surface area contributed by atoms with Crippen LogP contribution in [0.2, 0.25) is 0 Å². The predicted octanol–water partition coefficient (Wildman–Crippen LogP) is 6.29. The van der Waals surface area contributed by atoms with Crippen LogP contribution < -0.4 is 0 Å². The summed E-state index contributed by atoms with van der Waals surface area (Å²) in [4.78, 5) is 4.70. The van der Waals surface area contributed by atoms with Gasteiger partial charge < -0.3 is 0 Å². The first-order chi connectivity index (χ1) is 11.4. The third-order valence-electron chi connectivity index (χ3n) is 3.81. The van der Waals surface area contributed by atoms with E-state index in [4.69, 9.17) is 4.98 Å². The standard InChI is InChI=1S/C21H21NS/c1-2-3-4-5-6-7-10-17-13-15-18(16-14-17)21-22-19-11-8-9-12-20(19)23-21/h8-9,11-16H,2-6H2,1H3. The SMILES string of the molecule is CCCCCCC#Cc1ccc(-c2nc3ccccc3s2)cc1. The highest BCUT2D eigenvalue weighted by Gasteiger charge is 2.05. The van der Waals surface area contributed by atoms with E-state index in [2.05, 4.69) is 61.2 Å². The minimum atomic E-state index is 1.000. The minimum Gasteiger partial charge on any atom is -0.236 e. The maximum Gasteiger partial charge on any atom is 0.124 e. The lowest BCUT2D eigenvalue weighted by molar-refractivity contribution is 0.679. The summed E-state index contributed by atoms with van der Waals surface area (Å²) < 4.78 is 1.23. The molecule has 2 heteroatoms. The van der Waals surface area contributed by atoms with Crippen molar-refractivity contribution in [2.45, 2.75) is 39.0 Å². The molecular formula is C21H21NS. The molecule has 1 heterocycles. The molecule has 0 unspecified atom stereocenters. The van der Waals surface area contributed by atoms with Gasteiger partial charge in [0.1, 0.15) is 5.01 Å². The molecule has 0 aliphatic heterocycles. The molecule has 0 spiro atoms. The topological polar surface area (TPSA) is 12.9 Å². The van der Waals surface area contributed by atoms with Crippen LogP contribution in [0.5, 0.6) is 0 Å². The van der Waals surface area contributed by atoms with Gasteiger partial charge in [0.15, 0.2) is 0 Å². The van der Waals surface area contributed by atoms with Crippen molar-refractivity contribution in [1.29, 1.82) is 0 Å². The molecule has 3 aromatic rings. The lowest BCUT2D eigenvalue weighted by Crippen LogP contribution is -1.79. The van der Waals surface area contributed by atoms with Crippen molar-refractivity contribution < 1.29 is 0 Å². The molecule has 0 fully saturated rings. The molecule has 3 rings (SSSR count). The van der Waals surface area contributed by atoms with E-state index < -0.39 is 0 Å². The van der Waals surface area contributed by atoms with E-state index in [1.165, 1.54) is 35.9 Å². The third kappa shape index (κ3) is 4.21. The van der Waals surface area contributed by atoms with Gasteiger partial charge in [0.2, 0.25) is 0 Å². The van der Waals surface area contributed by atoms with E-state index in [9.17, 15) is 0 Å². The molecule has 116 valence electrons. The number of rotatable bonds is 5. The maximum absolute atomic E-state index is 4.70. The molecule has 1 aromatic heterocycles. The molecule has 2 aromatic carbocycles. The van der Waals surface area contributed by atoms with E-state index >= 15 is 0 Å². The molecule has 0 amide bonds. The van der Waals surface area contributed by atoms with E-state index in [0.29, 0.717) is 0 Å². The van der Waals surface area contributed by atoms with E-state index in [1.54, 1.807) is 11.3 Å². The third-order valence-corrected chi connectivity index (χ3v) is 4.90. The molecule has 23 heavy (non-hydrogen) atoms. The van der Waals surface area contributed by atoms with Gasteiger partial charge in [0.05, 0.1) is 10.2 Å². The van der Waals surface area contributed by atoms with Gasteiger partial charge in [-0.05, 0) is 30.7 Å². The van der Waals surface area contributed by atoms with Crippen LogP contribution in [-0.4, -0.2) is 4.98 Å². The van der Waals surface area contributed by atoms with Gasteiger partial charge in [-0.15, -0.1) is 11.3 Å². The van der Waals surface area contributed by atoms with Gasteiger partial charge in [-0.25, -0.2) is 4.98 Å². The number of thiazole rings is 1. The van der Waals surface area contributed by atoms with Crippen LogP contribution in [0.3, 0.4) is 0 Å². The number of hydrogen-bond acceptors (Lipinski definition) is 2. The van der Waals surface area contributed by atoms with Crippen molar-refractivity contribution in [3.63, 3.8) is 0 Å². The summed E-state index contributed by atoms with van der Waals surface area (Å²) in [5, 5.41) is 1.07. The van der Waals surface area contributed by atoms with Gasteiger partial charge in [-0.2, -0.15) is 0 Å². The normalized spacial score (nSPS) is 10.5. The maximum atomic E-state index is 4.70. The number of benzene rings is 2. The van der Waals surface area contributed by atoms with Crippen LogP contribution >= 0.6 is 11.3 Å². The number of unbranched alkanes of at least 4 members (excludes halogenated alkanes) is 4. The van der Waals surface area contributed by atoms with Gasteiger partial charge in [0.25, 0.3) is 0 Å². The Kier molecular flexibility index (Phi) is 5.45. The first-order valence-corrected chi connectivity index (χ1v) is 9.13. The first kappa shape index (κ1) is 15.8. The van der Waals surface area contributed by atoms with Crippen molar-refractivity contribution in [3.8, 4) is 22.4 Å². The van der Waals surface area contributed by atoms with Crippen molar-refractivity contribution in [1.82, 2.24) is 4.98 Å². The fraction of sp³-hybridized carbons (Fsp3) is 0.286. The molecule has 0 saturated heterocycles. The second-order valence-electron chi connectivity index (χ2n) is 5.68. The Bertz CT molecular complexity index is 785. The monoisotopic (exact) mass is 319 g/mol. The fourth-order valence-electron chi connectivity index (χ4n) is 2.50. The van der Waals surface area contributed by atoms with E-state index in [-0.39, 0.29) is 0 Å². The van der Waals surface area contributed by atoms with Gasteiger partial charge in [-0.3, -0.25) is 0 Å². The summed E-state index contributed by atoms with van der Waals surface area (Å²) in [5.74, 6) is 6.54. The minimum absolute atomic E-state index is 1.000. The highest BCUT2D eigenvalue weighted by atomic mass is 32.1. The van der Waals surface area contributed by atoms with Gasteiger partial charge in [-0.1, -0.05) is 62.3 Å². The summed E-state index contributed by atoms with van der Waals surface area (Å²) >= 11 is 1.74. The summed E-state index contributed by atoms with van der Waals surface area (Å²) in [7, 11) is 0. The second kappa shape index (κ2) is 7.94. The zero-order valence-corrected chi connectivity index (χ0v) is 14.3. The molecule has 1 nitrogen and oxygen atoms in total. The zero-order chi connectivity index (χ0) is 15.9. The van der Waals surface area contributed by atoms with Crippen molar-refractivity contribution in [2.24, 2.45) is 0 Å². The van der Waals surface area contributed by atoms with Crippen LogP contribution in [0.1, 0.15) is 44.6 Å². The number of para-hydroxylation sites is 1. The molecule has 0 radical (unpaired) electrons. The van der Waals surface area contributed by atoms with E-state index in [1.807, 2.05) is 6.07 Å². The summed E-state index contributed by atoms with van der Waals surface area (Å²) in [6.45, 7) is 2.23. The molecule has 0 saturated carbocycles. The lowest BCUT2D eigenvalue weighted by atomic mass is 10.1. The zero-order valence-electron chi connectivity index (χ0n) is 13.5. The number of aromatic nitrogens is 1. The van der Waals surface area contributed by atoms with Gasteiger partial charge >= 0.3 is 0 Å². The molecular weight excluding hydrogens is 298 g/mol. The Morgan fingerprint density at radius 2 is 1.78 bits per heavy atom. The van der Waals surface area contributed by atoms with Crippen LogP contribution in [-0.2, 0) is 0 Å². The van der Waals surface area contributed by atoms with Crippen molar-refractivity contribution in [3.05, 3.63) is 54.1 Å². The Balaban J connectivity index is 1.66. The Morgan fingerprint density at radius 3 is 2.57 bits per heavy atom. The summed E-state index contributed by atoms with van der Waals surface area (Å²) in [5.41, 5.74) is 3.33. The molecule has 0 aliphatic carbocycles. The highest BCUT2D eigenvalue weighted by Crippen LogP contribution is 2.29. The quantitative estimate of drug-likeness (QED) is 0.398. The van der Waals surface area contributed by atoms with Crippen LogP contribution in [0.25, 0.3) is 20.8 Å². The predicted molar refractivity (Wildman–Crippen MR) is 101 cm³/mol. The van der Waals surface area contributed by atoms with Crippen LogP contribution in [0.15, 0.2) is 48.5 Å². The Morgan fingerprint density at radius 1 is 0.957 bits per heavy atom. The Labute approximate surface area is 142 Å².